The van der Waals surface area contributed by atoms with Gasteiger partial charge in [-0.15, -0.1) is 10.1 Å². The van der Waals surface area contributed by atoms with Gasteiger partial charge in [-0.25, -0.2) is 20.3 Å². The van der Waals surface area contributed by atoms with Gasteiger partial charge >= 0.3 is 18.3 Å². The number of ether oxygens (including phenoxy) is 5. The van der Waals surface area contributed by atoms with Crippen LogP contribution in [0, 0.1) is 30.1 Å². The molecule has 0 saturated heterocycles. The van der Waals surface area contributed by atoms with Crippen LogP contribution < -0.4 is 5.90 Å². The quantitative estimate of drug-likeness (QED) is 0.0329. The molecule has 0 spiro atoms. The predicted octanol–water partition coefficient (Wildman–Crippen LogP) is 9.45. The van der Waals surface area contributed by atoms with Crippen LogP contribution >= 0.6 is 15.9 Å². The number of carbonyl (C=O) groups is 7. The molecular weight excluding hydrogens is 950 g/mol. The Kier molecular flexibility index (Phi) is 23.8. The zero-order valence-electron chi connectivity index (χ0n) is 40.0. The molecule has 4 fully saturated rings. The number of hydrogen-bond donors (Lipinski definition) is 2. The molecule has 68 heavy (non-hydrogen) atoms. The predicted molar refractivity (Wildman–Crippen MR) is 253 cm³/mol. The van der Waals surface area contributed by atoms with Crippen molar-refractivity contribution in [1.82, 2.24) is 10.1 Å². The van der Waals surface area contributed by atoms with Crippen molar-refractivity contribution in [3.63, 3.8) is 0 Å². The highest BCUT2D eigenvalue weighted by atomic mass is 79.9. The molecule has 1 atom stereocenters. The van der Waals surface area contributed by atoms with Gasteiger partial charge in [0.25, 0.3) is 23.6 Å². The molecule has 0 aromatic heterocycles. The molecule has 8 rings (SSSR count). The van der Waals surface area contributed by atoms with Crippen molar-refractivity contribution in [2.45, 2.75) is 131 Å². The van der Waals surface area contributed by atoms with E-state index in [0.717, 1.165) is 36.3 Å². The minimum atomic E-state index is -1.06. The molecule has 4 aliphatic carbocycles. The van der Waals surface area contributed by atoms with Gasteiger partial charge in [-0.2, -0.15) is 0 Å². The zero-order chi connectivity index (χ0) is 50.1. The topological polar surface area (TPSA) is 237 Å². The summed E-state index contributed by atoms with van der Waals surface area (Å²) < 4.78 is 24.1. The van der Waals surface area contributed by atoms with E-state index in [1.807, 2.05) is 20.8 Å². The first-order valence-corrected chi connectivity index (χ1v) is 23.4. The molecule has 4 saturated carbocycles. The van der Waals surface area contributed by atoms with Gasteiger partial charge in [-0.1, -0.05) is 47.6 Å². The minimum absolute atomic E-state index is 0. The Morgan fingerprint density at radius 2 is 1.01 bits per heavy atom. The molecule has 0 bridgehead atoms. The molecule has 0 radical (unpaired) electrons. The maximum absolute atomic E-state index is 11.8. The number of nitrogens with two attached hydrogens (primary N) is 1. The fourth-order valence-electron chi connectivity index (χ4n) is 5.14. The third-order valence-electron chi connectivity index (χ3n) is 9.10. The van der Waals surface area contributed by atoms with Crippen molar-refractivity contribution in [2.24, 2.45) is 29.6 Å². The number of imide groups is 2. The summed E-state index contributed by atoms with van der Waals surface area (Å²) in [5.41, 5.74) is -0.417. The number of fused-ring (bicyclic) bond motifs is 2. The Balaban J connectivity index is 0.000000289. The van der Waals surface area contributed by atoms with E-state index in [2.05, 4.69) is 31.9 Å². The summed E-state index contributed by atoms with van der Waals surface area (Å²) in [5.74, 6) is 5.43. The van der Waals surface area contributed by atoms with Gasteiger partial charge in [-0.05, 0) is 143 Å². The third-order valence-corrected chi connectivity index (χ3v) is 9.93. The number of hydrogen-bond acceptors (Lipinski definition) is 16. The molecule has 2 heterocycles. The standard InChI is InChI=1S/C12H11NO3.C10H18O5.C10H18O3.C8H5NO3.C4H6Br.C4H9NO.CH4/c14-11-9-3-1-2-4-10(9)12(15)13(11)16-7-8-5-6-8;1-9(2,3)14-7(11)13-8(12)15-10(4,5)6;1-10(2,3)13-9(11)7-12-6-8-4-5-8;10-7-5-3-1-2-4-6(5)8(11)9(7)12;5-3-4-1-2-4;5-6-3-4-1-2-4;/h1-4,8H,5-7H2;1-6H3;8H,4-7H2,1-3H3;1-4,12H;1,4H,2-3H2;4H,1-3,5H2;1H4/q;;;;+1;;. The number of esters is 1. The lowest BCUT2D eigenvalue weighted by Crippen LogP contribution is -2.30. The number of hydroxylamine groups is 4. The van der Waals surface area contributed by atoms with E-state index < -0.39 is 40.9 Å². The normalized spacial score (nSPS) is 17.4. The first-order chi connectivity index (χ1) is 31.3. The van der Waals surface area contributed by atoms with Crippen molar-refractivity contribution >= 4 is 57.8 Å². The highest BCUT2D eigenvalue weighted by Crippen LogP contribution is 2.31. The molecule has 2 aliphatic heterocycles. The van der Waals surface area contributed by atoms with Gasteiger partial charge in [0.2, 0.25) is 0 Å². The van der Waals surface area contributed by atoms with Crippen LogP contribution in [0.3, 0.4) is 0 Å². The molecular formula is C49H71BrN3O15+. The third kappa shape index (κ3) is 23.9. The lowest BCUT2D eigenvalue weighted by atomic mass is 10.1. The SMILES string of the molecule is BrCC1[CH+]C1.C.CC(C)(C)OC(=O)COCC1CC1.CC(C)(C)OC(=O)OC(=O)OC(C)(C)C.NOCC1CC1.O=C1c2ccccc2C(=O)N1O.O=C1c2ccccc2C(=O)N1OCC1CC1. The maximum atomic E-state index is 11.8. The van der Waals surface area contributed by atoms with Gasteiger partial charge in [0.15, 0.2) is 0 Å². The average Bonchev–Trinajstić information content (AvgIpc) is 4.03. The average molecular weight is 1020 g/mol. The molecule has 6 aliphatic rings. The van der Waals surface area contributed by atoms with Crippen LogP contribution in [0.25, 0.3) is 0 Å². The molecule has 19 heteroatoms. The summed E-state index contributed by atoms with van der Waals surface area (Å²) in [6, 6.07) is 13.1. The molecule has 1 unspecified atom stereocenters. The van der Waals surface area contributed by atoms with Crippen LogP contribution in [0.15, 0.2) is 48.5 Å². The van der Waals surface area contributed by atoms with Gasteiger partial charge in [-0.3, -0.25) is 29.2 Å². The van der Waals surface area contributed by atoms with E-state index in [1.54, 1.807) is 77.9 Å². The van der Waals surface area contributed by atoms with Crippen molar-refractivity contribution in [2.75, 3.05) is 31.8 Å². The molecule has 378 valence electrons. The number of rotatable bonds is 10. The van der Waals surface area contributed by atoms with Crippen molar-refractivity contribution < 1.29 is 72.1 Å². The Labute approximate surface area is 408 Å². The number of carbonyl (C=O) groups excluding carboxylic acids is 7. The van der Waals surface area contributed by atoms with Crippen LogP contribution in [-0.4, -0.2) is 106 Å². The van der Waals surface area contributed by atoms with E-state index in [1.165, 1.54) is 49.6 Å². The summed E-state index contributed by atoms with van der Waals surface area (Å²) in [7, 11) is 0. The van der Waals surface area contributed by atoms with Crippen LogP contribution in [0.4, 0.5) is 9.59 Å². The van der Waals surface area contributed by atoms with E-state index >= 15 is 0 Å². The number of halogens is 1. The van der Waals surface area contributed by atoms with Crippen molar-refractivity contribution in [3.8, 4) is 0 Å². The summed E-state index contributed by atoms with van der Waals surface area (Å²) in [6.07, 6.45) is 8.90. The number of alkyl halides is 1. The zero-order valence-corrected chi connectivity index (χ0v) is 41.6. The second kappa shape index (κ2) is 27.3. The molecule has 2 aromatic carbocycles. The first-order valence-electron chi connectivity index (χ1n) is 22.2. The van der Waals surface area contributed by atoms with Gasteiger partial charge in [0, 0.05) is 0 Å². The van der Waals surface area contributed by atoms with Crippen molar-refractivity contribution in [3.05, 3.63) is 77.2 Å². The second-order valence-electron chi connectivity index (χ2n) is 19.4. The monoisotopic (exact) mass is 1020 g/mol. The fraction of sp³-hybridized carbons (Fsp3) is 0.592. The van der Waals surface area contributed by atoms with Gasteiger partial charge in [0.05, 0.1) is 53.8 Å². The highest BCUT2D eigenvalue weighted by molar-refractivity contribution is 9.09. The largest absolute Gasteiger partial charge is 0.519 e. The lowest BCUT2D eigenvalue weighted by molar-refractivity contribution is -0.160. The van der Waals surface area contributed by atoms with Gasteiger partial charge < -0.3 is 28.5 Å². The lowest BCUT2D eigenvalue weighted by Gasteiger charge is -2.20. The Hall–Kier alpha value is -4.92. The summed E-state index contributed by atoms with van der Waals surface area (Å²) in [4.78, 5) is 88.5. The van der Waals surface area contributed by atoms with Crippen LogP contribution in [0.1, 0.15) is 156 Å². The first kappa shape index (κ1) is 59.2. The summed E-state index contributed by atoms with van der Waals surface area (Å²) >= 11 is 3.34. The van der Waals surface area contributed by atoms with E-state index in [9.17, 15) is 33.6 Å². The fourth-order valence-corrected chi connectivity index (χ4v) is 5.67. The van der Waals surface area contributed by atoms with E-state index in [0.29, 0.717) is 36.2 Å². The van der Waals surface area contributed by atoms with Crippen LogP contribution in [0.2, 0.25) is 0 Å². The van der Waals surface area contributed by atoms with E-state index in [-0.39, 0.29) is 48.0 Å². The molecule has 18 nitrogen and oxygen atoms in total. The van der Waals surface area contributed by atoms with E-state index in [4.69, 9.17) is 34.9 Å². The number of nitrogens with zero attached hydrogens (tertiary/aromatic N) is 2. The van der Waals surface area contributed by atoms with Crippen LogP contribution in [0.5, 0.6) is 0 Å². The number of amides is 4. The summed E-state index contributed by atoms with van der Waals surface area (Å²) in [6.45, 7) is 17.6. The minimum Gasteiger partial charge on any atom is -0.458 e. The number of benzene rings is 2. The van der Waals surface area contributed by atoms with Crippen molar-refractivity contribution in [1.29, 1.82) is 0 Å². The molecule has 4 amide bonds. The Morgan fingerprint density at radius 1 is 0.647 bits per heavy atom. The van der Waals surface area contributed by atoms with Gasteiger partial charge in [0.1, 0.15) is 35.7 Å². The molecule has 2 aromatic rings. The molecule has 3 N–H and O–H groups in total. The smallest absolute Gasteiger partial charge is 0.458 e. The second-order valence-corrected chi connectivity index (χ2v) is 20.0. The Morgan fingerprint density at radius 3 is 1.32 bits per heavy atom. The Bertz CT molecular complexity index is 1900. The summed E-state index contributed by atoms with van der Waals surface area (Å²) in [5, 5.41) is 11.1. The maximum Gasteiger partial charge on any atom is 0.519 e. The highest BCUT2D eigenvalue weighted by Gasteiger charge is 2.38. The van der Waals surface area contributed by atoms with Crippen LogP contribution in [-0.2, 0) is 38.2 Å².